The van der Waals surface area contributed by atoms with E-state index >= 15 is 0 Å². The molecule has 0 bridgehead atoms. The summed E-state index contributed by atoms with van der Waals surface area (Å²) < 4.78 is 10.4. The zero-order chi connectivity index (χ0) is 17.7. The number of furan rings is 1. The zero-order valence-corrected chi connectivity index (χ0v) is 13.1. The Morgan fingerprint density at radius 2 is 1.88 bits per heavy atom. The number of benzene rings is 1. The summed E-state index contributed by atoms with van der Waals surface area (Å²) in [7, 11) is 0. The van der Waals surface area contributed by atoms with Gasteiger partial charge < -0.3 is 29.6 Å². The maximum absolute atomic E-state index is 12.1. The predicted molar refractivity (Wildman–Crippen MR) is 83.1 cm³/mol. The number of aryl methyl sites for hydroxylation is 1. The van der Waals surface area contributed by atoms with Gasteiger partial charge in [0.1, 0.15) is 42.0 Å². The molecule has 24 heavy (non-hydrogen) atoms. The van der Waals surface area contributed by atoms with E-state index in [1.165, 1.54) is 13.0 Å². The van der Waals surface area contributed by atoms with Crippen LogP contribution in [-0.2, 0) is 11.3 Å². The molecular weight excluding hydrogens is 316 g/mol. The van der Waals surface area contributed by atoms with Crippen molar-refractivity contribution in [2.75, 3.05) is 6.61 Å². The van der Waals surface area contributed by atoms with Gasteiger partial charge in [-0.1, -0.05) is 30.3 Å². The summed E-state index contributed by atoms with van der Waals surface area (Å²) in [5, 5.41) is 37.8. The summed E-state index contributed by atoms with van der Waals surface area (Å²) in [5.41, 5.74) is 0.944. The molecule has 0 saturated heterocycles. The molecule has 0 aliphatic carbocycles. The summed E-state index contributed by atoms with van der Waals surface area (Å²) in [6.45, 7) is 0.891. The van der Waals surface area contributed by atoms with E-state index in [2.05, 4.69) is 0 Å². The van der Waals surface area contributed by atoms with E-state index in [1.807, 2.05) is 30.3 Å². The quantitative estimate of drug-likeness (QED) is 0.549. The van der Waals surface area contributed by atoms with Crippen molar-refractivity contribution in [3.05, 3.63) is 59.0 Å². The van der Waals surface area contributed by atoms with Gasteiger partial charge in [0, 0.05) is 0 Å². The van der Waals surface area contributed by atoms with E-state index in [1.54, 1.807) is 0 Å². The number of hydrogen-bond acceptors (Lipinski definition) is 7. The fourth-order valence-corrected chi connectivity index (χ4v) is 2.14. The first-order valence-electron chi connectivity index (χ1n) is 7.40. The first-order chi connectivity index (χ1) is 11.4. The molecular formula is C17H20O7. The van der Waals surface area contributed by atoms with Gasteiger partial charge in [0.25, 0.3) is 0 Å². The average molecular weight is 336 g/mol. The Kier molecular flexibility index (Phi) is 6.10. The second-order valence-electron chi connectivity index (χ2n) is 5.37. The molecule has 0 fully saturated rings. The zero-order valence-electron chi connectivity index (χ0n) is 13.1. The van der Waals surface area contributed by atoms with Crippen LogP contribution in [0.3, 0.4) is 0 Å². The van der Waals surface area contributed by atoms with Crippen LogP contribution < -0.4 is 0 Å². The molecule has 0 aliphatic rings. The van der Waals surface area contributed by atoms with Crippen molar-refractivity contribution >= 4 is 5.97 Å². The van der Waals surface area contributed by atoms with Gasteiger partial charge in [0.15, 0.2) is 0 Å². The van der Waals surface area contributed by atoms with E-state index in [-0.39, 0.29) is 23.7 Å². The number of esters is 1. The van der Waals surface area contributed by atoms with Gasteiger partial charge in [0.05, 0.1) is 6.61 Å². The highest BCUT2D eigenvalue weighted by Gasteiger charge is 2.29. The normalized spacial score (nSPS) is 14.9. The molecule has 3 atom stereocenters. The van der Waals surface area contributed by atoms with Crippen LogP contribution in [0.4, 0.5) is 0 Å². The molecule has 2 aromatic rings. The van der Waals surface area contributed by atoms with Crippen LogP contribution in [0, 0.1) is 6.92 Å². The summed E-state index contributed by atoms with van der Waals surface area (Å²) in [6, 6.07) is 10.4. The molecule has 130 valence electrons. The van der Waals surface area contributed by atoms with Crippen LogP contribution >= 0.6 is 0 Å². The monoisotopic (exact) mass is 336 g/mol. The third-order valence-electron chi connectivity index (χ3n) is 3.57. The van der Waals surface area contributed by atoms with Crippen LogP contribution in [0.15, 0.2) is 40.8 Å². The van der Waals surface area contributed by atoms with Gasteiger partial charge in [-0.25, -0.2) is 4.79 Å². The van der Waals surface area contributed by atoms with Crippen molar-refractivity contribution in [1.82, 2.24) is 0 Å². The minimum atomic E-state index is -1.64. The maximum atomic E-state index is 12.1. The number of hydrogen-bond donors (Lipinski definition) is 4. The van der Waals surface area contributed by atoms with E-state index in [9.17, 15) is 20.1 Å². The second kappa shape index (κ2) is 8.07. The Hall–Kier alpha value is -2.19. The van der Waals surface area contributed by atoms with Crippen LogP contribution in [0.5, 0.6) is 0 Å². The summed E-state index contributed by atoms with van der Waals surface area (Å²) >= 11 is 0. The van der Waals surface area contributed by atoms with E-state index < -0.39 is 30.9 Å². The Morgan fingerprint density at radius 1 is 1.21 bits per heavy atom. The molecule has 0 amide bonds. The summed E-state index contributed by atoms with van der Waals surface area (Å²) in [6.07, 6.45) is -4.76. The largest absolute Gasteiger partial charge is 0.463 e. The van der Waals surface area contributed by atoms with Gasteiger partial charge in [-0.15, -0.1) is 0 Å². The molecule has 1 aromatic heterocycles. The molecule has 0 unspecified atom stereocenters. The Balaban J connectivity index is 2.06. The third kappa shape index (κ3) is 4.21. The van der Waals surface area contributed by atoms with Crippen molar-refractivity contribution < 1.29 is 34.4 Å². The van der Waals surface area contributed by atoms with Crippen molar-refractivity contribution in [2.24, 2.45) is 0 Å². The van der Waals surface area contributed by atoms with Crippen molar-refractivity contribution in [3.8, 4) is 0 Å². The van der Waals surface area contributed by atoms with Crippen LogP contribution in [0.25, 0.3) is 0 Å². The highest BCUT2D eigenvalue weighted by Crippen LogP contribution is 2.25. The number of carbonyl (C=O) groups is 1. The van der Waals surface area contributed by atoms with E-state index in [4.69, 9.17) is 14.3 Å². The van der Waals surface area contributed by atoms with Gasteiger partial charge in [0.2, 0.25) is 0 Å². The number of rotatable bonds is 7. The lowest BCUT2D eigenvalue weighted by atomic mass is 10.1. The standard InChI is InChI=1S/C17H20O7/c1-10-12(17(22)23-9-11-5-3-2-4-6-11)7-14(24-10)16(21)15(20)13(19)8-18/h2-7,13,15-16,18-21H,8-9H2,1H3/t13-,15+,16+/m1/s1. The molecule has 1 aromatic carbocycles. The van der Waals surface area contributed by atoms with Crippen LogP contribution in [0.1, 0.15) is 33.5 Å². The summed E-state index contributed by atoms with van der Waals surface area (Å²) in [4.78, 5) is 12.1. The SMILES string of the molecule is Cc1oc([C@H](O)[C@@H](O)[C@H](O)CO)cc1C(=O)OCc1ccccc1. The smallest absolute Gasteiger partial charge is 0.342 e. The van der Waals surface area contributed by atoms with E-state index in [0.29, 0.717) is 0 Å². The van der Waals surface area contributed by atoms with E-state index in [0.717, 1.165) is 5.56 Å². The number of carbonyl (C=O) groups excluding carboxylic acids is 1. The van der Waals surface area contributed by atoms with Crippen molar-refractivity contribution in [3.63, 3.8) is 0 Å². The molecule has 7 heteroatoms. The lowest BCUT2D eigenvalue weighted by molar-refractivity contribution is -0.0837. The van der Waals surface area contributed by atoms with Crippen molar-refractivity contribution in [2.45, 2.75) is 31.8 Å². The molecule has 0 radical (unpaired) electrons. The van der Waals surface area contributed by atoms with Gasteiger partial charge in [-0.05, 0) is 18.6 Å². The van der Waals surface area contributed by atoms with Crippen LogP contribution in [0.2, 0.25) is 0 Å². The molecule has 4 N–H and O–H groups in total. The first kappa shape index (κ1) is 18.2. The lowest BCUT2D eigenvalue weighted by Crippen LogP contribution is -2.34. The second-order valence-corrected chi connectivity index (χ2v) is 5.37. The molecule has 7 nitrogen and oxygen atoms in total. The molecule has 1 heterocycles. The highest BCUT2D eigenvalue weighted by atomic mass is 16.5. The maximum Gasteiger partial charge on any atom is 0.342 e. The fraction of sp³-hybridized carbons (Fsp3) is 0.353. The molecule has 0 aliphatic heterocycles. The van der Waals surface area contributed by atoms with Gasteiger partial charge in [-0.2, -0.15) is 0 Å². The number of ether oxygens (including phenoxy) is 1. The van der Waals surface area contributed by atoms with Gasteiger partial charge in [-0.3, -0.25) is 0 Å². The minimum Gasteiger partial charge on any atom is -0.463 e. The molecule has 0 spiro atoms. The Bertz CT molecular complexity index is 665. The van der Waals surface area contributed by atoms with Crippen molar-refractivity contribution in [1.29, 1.82) is 0 Å². The minimum absolute atomic E-state index is 0.0913. The molecule has 0 saturated carbocycles. The third-order valence-corrected chi connectivity index (χ3v) is 3.57. The fourth-order valence-electron chi connectivity index (χ4n) is 2.14. The average Bonchev–Trinajstić information content (AvgIpc) is 3.00. The number of aliphatic hydroxyl groups excluding tert-OH is 4. The Labute approximate surface area is 138 Å². The highest BCUT2D eigenvalue weighted by molar-refractivity contribution is 5.90. The lowest BCUT2D eigenvalue weighted by Gasteiger charge is -2.19. The summed E-state index contributed by atoms with van der Waals surface area (Å²) in [5.74, 6) is -0.511. The topological polar surface area (TPSA) is 120 Å². The van der Waals surface area contributed by atoms with Crippen LogP contribution in [-0.4, -0.2) is 45.2 Å². The number of aliphatic hydroxyl groups is 4. The predicted octanol–water partition coefficient (Wildman–Crippen LogP) is 0.693. The molecule has 2 rings (SSSR count). The first-order valence-corrected chi connectivity index (χ1v) is 7.40. The van der Waals surface area contributed by atoms with Gasteiger partial charge >= 0.3 is 5.97 Å². The Morgan fingerprint density at radius 3 is 2.50 bits per heavy atom.